The number of fused-ring (bicyclic) bond motifs is 3. The molecule has 0 spiro atoms. The maximum absolute atomic E-state index is 12.7. The zero-order chi connectivity index (χ0) is 24.9. The molecule has 3 N–H and O–H groups in total. The molecule has 0 aromatic heterocycles. The second kappa shape index (κ2) is 10.9. The lowest BCUT2D eigenvalue weighted by Gasteiger charge is -2.37. The predicted molar refractivity (Wildman–Crippen MR) is 130 cm³/mol. The number of hydrogen-bond donors (Lipinski definition) is 3. The summed E-state index contributed by atoms with van der Waals surface area (Å²) in [5.41, 5.74) is 4.47. The van der Waals surface area contributed by atoms with E-state index >= 15 is 0 Å². The maximum Gasteiger partial charge on any atom is 0.407 e. The Balaban J connectivity index is 1.26. The number of carboxylic acids is 1. The third-order valence-corrected chi connectivity index (χ3v) is 7.13. The van der Waals surface area contributed by atoms with E-state index in [9.17, 15) is 24.6 Å². The molecule has 1 fully saturated rings. The average Bonchev–Trinajstić information content (AvgIpc) is 3.19. The van der Waals surface area contributed by atoms with Gasteiger partial charge in [-0.3, -0.25) is 4.79 Å². The van der Waals surface area contributed by atoms with Gasteiger partial charge < -0.3 is 25.2 Å². The summed E-state index contributed by atoms with van der Waals surface area (Å²) in [6.07, 6.45) is -0.0269. The van der Waals surface area contributed by atoms with Crippen molar-refractivity contribution >= 4 is 18.0 Å². The Bertz CT molecular complexity index is 1040. The molecule has 8 nitrogen and oxygen atoms in total. The smallest absolute Gasteiger partial charge is 0.407 e. The molecule has 0 saturated carbocycles. The molecule has 1 heterocycles. The first kappa shape index (κ1) is 24.7. The number of nitrogens with zero attached hydrogens (tertiary/aromatic N) is 1. The fraction of sp³-hybridized carbons (Fsp3) is 0.444. The number of hydrogen-bond acceptors (Lipinski definition) is 5. The molecule has 1 aliphatic heterocycles. The van der Waals surface area contributed by atoms with Gasteiger partial charge in [0.1, 0.15) is 12.6 Å². The van der Waals surface area contributed by atoms with Crippen molar-refractivity contribution in [2.45, 2.75) is 50.7 Å². The highest BCUT2D eigenvalue weighted by Gasteiger charge is 2.36. The van der Waals surface area contributed by atoms with Crippen LogP contribution in [0.5, 0.6) is 0 Å². The van der Waals surface area contributed by atoms with E-state index < -0.39 is 30.1 Å². The Morgan fingerprint density at radius 1 is 1.09 bits per heavy atom. The molecule has 1 aliphatic carbocycles. The topological polar surface area (TPSA) is 116 Å². The van der Waals surface area contributed by atoms with Crippen LogP contribution in [0.4, 0.5) is 4.79 Å². The minimum absolute atomic E-state index is 0.0707. The van der Waals surface area contributed by atoms with Crippen molar-refractivity contribution in [3.63, 3.8) is 0 Å². The number of rotatable bonds is 8. The molecule has 2 aromatic rings. The van der Waals surface area contributed by atoms with Crippen LogP contribution in [0.2, 0.25) is 0 Å². The van der Waals surface area contributed by atoms with Crippen molar-refractivity contribution in [2.24, 2.45) is 5.92 Å². The van der Waals surface area contributed by atoms with E-state index in [1.54, 1.807) is 0 Å². The van der Waals surface area contributed by atoms with Gasteiger partial charge in [-0.15, -0.1) is 0 Å². The van der Waals surface area contributed by atoms with Crippen molar-refractivity contribution in [1.29, 1.82) is 0 Å². The number of carboxylic acid groups (broad SMARTS) is 1. The fourth-order valence-electron chi connectivity index (χ4n) is 5.18. The fourth-order valence-corrected chi connectivity index (χ4v) is 5.18. The molecule has 2 aliphatic rings. The zero-order valence-corrected chi connectivity index (χ0v) is 19.9. The summed E-state index contributed by atoms with van der Waals surface area (Å²) in [6.45, 7) is 2.37. The zero-order valence-electron chi connectivity index (χ0n) is 19.9. The largest absolute Gasteiger partial charge is 0.480 e. The SMILES string of the molecule is CCC1CCN(C(=O)CC(O)CNC(=O)OCC2c3ccccc3-c3ccccc32)C(C(=O)O)C1. The first-order valence-electron chi connectivity index (χ1n) is 12.2. The second-order valence-electron chi connectivity index (χ2n) is 9.30. The van der Waals surface area contributed by atoms with Gasteiger partial charge in [0.25, 0.3) is 0 Å². The van der Waals surface area contributed by atoms with Crippen LogP contribution in [0.1, 0.15) is 49.7 Å². The number of likely N-dealkylation sites (tertiary alicyclic amines) is 1. The summed E-state index contributed by atoms with van der Waals surface area (Å²) >= 11 is 0. The van der Waals surface area contributed by atoms with Crippen molar-refractivity contribution in [3.8, 4) is 11.1 Å². The molecule has 3 unspecified atom stereocenters. The van der Waals surface area contributed by atoms with Crippen LogP contribution >= 0.6 is 0 Å². The number of benzene rings is 2. The summed E-state index contributed by atoms with van der Waals surface area (Å²) in [6, 6.07) is 15.2. The van der Waals surface area contributed by atoms with E-state index in [4.69, 9.17) is 4.74 Å². The van der Waals surface area contributed by atoms with E-state index in [0.29, 0.717) is 13.0 Å². The Morgan fingerprint density at radius 3 is 2.31 bits per heavy atom. The number of alkyl carbamates (subject to hydrolysis) is 1. The van der Waals surface area contributed by atoms with E-state index in [-0.39, 0.29) is 31.4 Å². The van der Waals surface area contributed by atoms with Crippen molar-refractivity contribution in [2.75, 3.05) is 19.7 Å². The number of ether oxygens (including phenoxy) is 1. The van der Waals surface area contributed by atoms with Gasteiger partial charge in [-0.1, -0.05) is 61.9 Å². The van der Waals surface area contributed by atoms with E-state index in [0.717, 1.165) is 35.1 Å². The third kappa shape index (κ3) is 5.48. The number of aliphatic hydroxyl groups excluding tert-OH is 1. The summed E-state index contributed by atoms with van der Waals surface area (Å²) in [4.78, 5) is 37.9. The number of nitrogens with one attached hydrogen (secondary N) is 1. The van der Waals surface area contributed by atoms with Crippen molar-refractivity contribution < 1.29 is 29.3 Å². The molecule has 2 amide bonds. The normalized spacial score (nSPS) is 20.0. The van der Waals surface area contributed by atoms with E-state index in [1.165, 1.54) is 4.90 Å². The molecule has 3 atom stereocenters. The Kier molecular flexibility index (Phi) is 7.70. The van der Waals surface area contributed by atoms with Gasteiger partial charge >= 0.3 is 12.1 Å². The first-order chi connectivity index (χ1) is 16.9. The van der Waals surface area contributed by atoms with E-state index in [2.05, 4.69) is 17.4 Å². The summed E-state index contributed by atoms with van der Waals surface area (Å²) in [5, 5.41) is 22.3. The Labute approximate surface area is 204 Å². The molecular weight excluding hydrogens is 448 g/mol. The highest BCUT2D eigenvalue weighted by molar-refractivity contribution is 5.84. The van der Waals surface area contributed by atoms with Crippen LogP contribution < -0.4 is 5.32 Å². The van der Waals surface area contributed by atoms with Crippen LogP contribution in [0.15, 0.2) is 48.5 Å². The molecular formula is C27H32N2O6. The van der Waals surface area contributed by atoms with Gasteiger partial charge in [0, 0.05) is 19.0 Å². The molecule has 186 valence electrons. The van der Waals surface area contributed by atoms with Crippen LogP contribution in [0, 0.1) is 5.92 Å². The number of aliphatic hydroxyl groups is 1. The monoisotopic (exact) mass is 480 g/mol. The Hall–Kier alpha value is -3.39. The average molecular weight is 481 g/mol. The molecule has 2 aromatic carbocycles. The number of piperidine rings is 1. The highest BCUT2D eigenvalue weighted by Crippen LogP contribution is 2.44. The first-order valence-corrected chi connectivity index (χ1v) is 12.2. The molecule has 35 heavy (non-hydrogen) atoms. The summed E-state index contributed by atoms with van der Waals surface area (Å²) in [7, 11) is 0. The van der Waals surface area contributed by atoms with Crippen LogP contribution in [-0.4, -0.2) is 64.9 Å². The summed E-state index contributed by atoms with van der Waals surface area (Å²) < 4.78 is 5.45. The number of aliphatic carboxylic acids is 1. The number of carbonyl (C=O) groups is 3. The van der Waals surface area contributed by atoms with Gasteiger partial charge in [0.15, 0.2) is 0 Å². The molecule has 0 bridgehead atoms. The van der Waals surface area contributed by atoms with Crippen LogP contribution in [-0.2, 0) is 14.3 Å². The predicted octanol–water partition coefficient (Wildman–Crippen LogP) is 3.38. The Morgan fingerprint density at radius 2 is 1.71 bits per heavy atom. The van der Waals surface area contributed by atoms with Crippen molar-refractivity contribution in [1.82, 2.24) is 10.2 Å². The quantitative estimate of drug-likeness (QED) is 0.533. The lowest BCUT2D eigenvalue weighted by atomic mass is 9.88. The molecule has 1 saturated heterocycles. The maximum atomic E-state index is 12.7. The second-order valence-corrected chi connectivity index (χ2v) is 9.30. The minimum atomic E-state index is -1.14. The summed E-state index contributed by atoms with van der Waals surface area (Å²) in [5.74, 6) is -1.24. The van der Waals surface area contributed by atoms with Gasteiger partial charge in [-0.25, -0.2) is 9.59 Å². The number of amides is 2. The van der Waals surface area contributed by atoms with Gasteiger partial charge in [0.05, 0.1) is 12.5 Å². The minimum Gasteiger partial charge on any atom is -0.480 e. The number of carbonyl (C=O) groups excluding carboxylic acids is 2. The lowest BCUT2D eigenvalue weighted by molar-refractivity contribution is -0.154. The standard InChI is InChI=1S/C27H32N2O6/c1-2-17-11-12-29(24(13-17)26(32)33)25(31)14-18(30)15-28-27(34)35-16-23-21-9-5-3-7-19(21)20-8-4-6-10-22(20)23/h3-10,17-18,23-24,30H,2,11-16H2,1H3,(H,28,34)(H,32,33). The molecule has 8 heteroatoms. The van der Waals surface area contributed by atoms with Gasteiger partial charge in [-0.2, -0.15) is 0 Å². The van der Waals surface area contributed by atoms with Crippen LogP contribution in [0.25, 0.3) is 11.1 Å². The van der Waals surface area contributed by atoms with Crippen molar-refractivity contribution in [3.05, 3.63) is 59.7 Å². The lowest BCUT2D eigenvalue weighted by Crippen LogP contribution is -2.51. The van der Waals surface area contributed by atoms with Gasteiger partial charge in [0.2, 0.25) is 5.91 Å². The van der Waals surface area contributed by atoms with Crippen LogP contribution in [0.3, 0.4) is 0 Å². The third-order valence-electron chi connectivity index (χ3n) is 7.13. The van der Waals surface area contributed by atoms with Gasteiger partial charge in [-0.05, 0) is 41.0 Å². The molecule has 4 rings (SSSR count). The highest BCUT2D eigenvalue weighted by atomic mass is 16.5. The van der Waals surface area contributed by atoms with E-state index in [1.807, 2.05) is 43.3 Å². The molecule has 0 radical (unpaired) electrons.